The van der Waals surface area contributed by atoms with Crippen LogP contribution in [0.25, 0.3) is 0 Å². The van der Waals surface area contributed by atoms with Crippen LogP contribution in [0.4, 0.5) is 11.4 Å². The Balaban J connectivity index is 1.79. The second kappa shape index (κ2) is 6.60. The lowest BCUT2D eigenvalue weighted by atomic mass is 10.2. The number of rotatable bonds is 5. The summed E-state index contributed by atoms with van der Waals surface area (Å²) in [6.45, 7) is 6.24. The Kier molecular flexibility index (Phi) is 4.37. The Hall–Kier alpha value is -2.69. The van der Waals surface area contributed by atoms with Gasteiger partial charge in [-0.3, -0.25) is 4.99 Å². The fourth-order valence-electron chi connectivity index (χ4n) is 2.54. The largest absolute Gasteiger partial charge is 0.507 e. The Morgan fingerprint density at radius 3 is 2.61 bits per heavy atom. The first-order chi connectivity index (χ1) is 11.2. The zero-order chi connectivity index (χ0) is 16.2. The van der Waals surface area contributed by atoms with Gasteiger partial charge >= 0.3 is 0 Å². The highest BCUT2D eigenvalue weighted by molar-refractivity contribution is 5.86. The van der Waals surface area contributed by atoms with Crippen LogP contribution in [0.1, 0.15) is 19.4 Å². The number of benzene rings is 2. The highest BCUT2D eigenvalue weighted by atomic mass is 16.7. The van der Waals surface area contributed by atoms with Gasteiger partial charge in [-0.2, -0.15) is 0 Å². The van der Waals surface area contributed by atoms with Crippen LogP contribution in [0.3, 0.4) is 0 Å². The van der Waals surface area contributed by atoms with E-state index in [2.05, 4.69) is 23.7 Å². The first kappa shape index (κ1) is 15.2. The third-order valence-electron chi connectivity index (χ3n) is 3.85. The maximum absolute atomic E-state index is 10.2. The van der Waals surface area contributed by atoms with Crippen LogP contribution in [-0.4, -0.2) is 31.2 Å². The molecule has 0 saturated heterocycles. The fraction of sp³-hybridized carbons (Fsp3) is 0.278. The summed E-state index contributed by atoms with van der Waals surface area (Å²) in [6, 6.07) is 11.1. The molecule has 0 unspecified atom stereocenters. The van der Waals surface area contributed by atoms with Crippen molar-refractivity contribution < 1.29 is 14.6 Å². The van der Waals surface area contributed by atoms with Gasteiger partial charge in [-0.1, -0.05) is 0 Å². The van der Waals surface area contributed by atoms with E-state index in [1.807, 2.05) is 30.3 Å². The van der Waals surface area contributed by atoms with E-state index in [1.54, 1.807) is 12.3 Å². The van der Waals surface area contributed by atoms with E-state index in [0.717, 1.165) is 30.2 Å². The number of phenols is 1. The van der Waals surface area contributed by atoms with Crippen LogP contribution >= 0.6 is 0 Å². The summed E-state index contributed by atoms with van der Waals surface area (Å²) in [4.78, 5) is 6.57. The third-order valence-corrected chi connectivity index (χ3v) is 3.85. The number of ether oxygens (including phenoxy) is 2. The summed E-state index contributed by atoms with van der Waals surface area (Å²) < 4.78 is 10.6. The van der Waals surface area contributed by atoms with Crippen LogP contribution in [0.15, 0.2) is 41.4 Å². The second-order valence-electron chi connectivity index (χ2n) is 5.21. The quantitative estimate of drug-likeness (QED) is 0.855. The van der Waals surface area contributed by atoms with E-state index in [0.29, 0.717) is 11.3 Å². The minimum atomic E-state index is 0.221. The van der Waals surface area contributed by atoms with E-state index in [-0.39, 0.29) is 12.5 Å². The number of aromatic hydroxyl groups is 1. The molecule has 0 saturated carbocycles. The van der Waals surface area contributed by atoms with Crippen LogP contribution in [-0.2, 0) is 0 Å². The summed E-state index contributed by atoms with van der Waals surface area (Å²) in [5, 5.41) is 10.2. The highest BCUT2D eigenvalue weighted by Crippen LogP contribution is 2.35. The summed E-state index contributed by atoms with van der Waals surface area (Å²) in [5.41, 5.74) is 2.44. The zero-order valence-electron chi connectivity index (χ0n) is 13.3. The van der Waals surface area contributed by atoms with Crippen molar-refractivity contribution >= 4 is 17.6 Å². The number of fused-ring (bicyclic) bond motifs is 1. The number of hydrogen-bond acceptors (Lipinski definition) is 5. The average molecular weight is 312 g/mol. The molecule has 0 aromatic heterocycles. The zero-order valence-corrected chi connectivity index (χ0v) is 13.3. The monoisotopic (exact) mass is 312 g/mol. The molecule has 5 nitrogen and oxygen atoms in total. The number of hydrogen-bond donors (Lipinski definition) is 1. The van der Waals surface area contributed by atoms with Gasteiger partial charge in [0.05, 0.1) is 5.69 Å². The smallest absolute Gasteiger partial charge is 0.231 e. The van der Waals surface area contributed by atoms with Crippen LogP contribution < -0.4 is 14.4 Å². The summed E-state index contributed by atoms with van der Waals surface area (Å²) in [7, 11) is 0. The molecule has 0 bridgehead atoms. The molecule has 1 aliphatic rings. The standard InChI is InChI=1S/C18H20N2O3/c1-3-20(4-2)15-7-5-13(16(21)10-15)11-19-14-6-8-17-18(9-14)23-12-22-17/h5-11,21H,3-4,12H2,1-2H3. The average Bonchev–Trinajstić information content (AvgIpc) is 3.03. The minimum Gasteiger partial charge on any atom is -0.507 e. The van der Waals surface area contributed by atoms with Crippen molar-refractivity contribution in [3.63, 3.8) is 0 Å². The summed E-state index contributed by atoms with van der Waals surface area (Å²) in [5.74, 6) is 1.65. The molecule has 1 N–H and O–H groups in total. The SMILES string of the molecule is CCN(CC)c1ccc(C=Nc2ccc3c(c2)OCO3)c(O)c1. The molecular weight excluding hydrogens is 292 g/mol. The molecule has 5 heteroatoms. The Labute approximate surface area is 135 Å². The van der Waals surface area contributed by atoms with E-state index in [4.69, 9.17) is 9.47 Å². The lowest BCUT2D eigenvalue weighted by Gasteiger charge is -2.21. The molecule has 0 atom stereocenters. The molecule has 0 radical (unpaired) electrons. The Morgan fingerprint density at radius 1 is 1.09 bits per heavy atom. The lowest BCUT2D eigenvalue weighted by Crippen LogP contribution is -2.21. The molecule has 3 rings (SSSR count). The van der Waals surface area contributed by atoms with Gasteiger partial charge < -0.3 is 19.5 Å². The lowest BCUT2D eigenvalue weighted by molar-refractivity contribution is 0.174. The van der Waals surface area contributed by atoms with Crippen LogP contribution in [0, 0.1) is 0 Å². The molecular formula is C18H20N2O3. The molecule has 1 heterocycles. The number of anilines is 1. The molecule has 0 amide bonds. The summed E-state index contributed by atoms with van der Waals surface area (Å²) >= 11 is 0. The van der Waals surface area contributed by atoms with Crippen molar-refractivity contribution in [1.82, 2.24) is 0 Å². The van der Waals surface area contributed by atoms with Crippen molar-refractivity contribution in [3.05, 3.63) is 42.0 Å². The third kappa shape index (κ3) is 3.23. The number of aliphatic imine (C=N–C) groups is 1. The first-order valence-corrected chi connectivity index (χ1v) is 7.73. The molecule has 0 fully saturated rings. The molecule has 0 aliphatic carbocycles. The predicted molar refractivity (Wildman–Crippen MR) is 91.5 cm³/mol. The van der Waals surface area contributed by atoms with Crippen LogP contribution in [0.2, 0.25) is 0 Å². The van der Waals surface area contributed by atoms with E-state index in [1.165, 1.54) is 0 Å². The van der Waals surface area contributed by atoms with Gasteiger partial charge in [0, 0.05) is 42.7 Å². The second-order valence-corrected chi connectivity index (χ2v) is 5.21. The van der Waals surface area contributed by atoms with Crippen molar-refractivity contribution in [2.24, 2.45) is 4.99 Å². The van der Waals surface area contributed by atoms with Gasteiger partial charge in [-0.05, 0) is 38.1 Å². The molecule has 2 aromatic rings. The predicted octanol–water partition coefficient (Wildman–Crippen LogP) is 3.72. The summed E-state index contributed by atoms with van der Waals surface area (Å²) in [6.07, 6.45) is 1.65. The van der Waals surface area contributed by atoms with Crippen molar-refractivity contribution in [2.75, 3.05) is 24.8 Å². The molecule has 0 spiro atoms. The van der Waals surface area contributed by atoms with Gasteiger partial charge in [0.2, 0.25) is 6.79 Å². The minimum absolute atomic E-state index is 0.221. The molecule has 120 valence electrons. The van der Waals surface area contributed by atoms with E-state index in [9.17, 15) is 5.11 Å². The van der Waals surface area contributed by atoms with E-state index < -0.39 is 0 Å². The van der Waals surface area contributed by atoms with Gasteiger partial charge in [0.25, 0.3) is 0 Å². The maximum atomic E-state index is 10.2. The molecule has 23 heavy (non-hydrogen) atoms. The first-order valence-electron chi connectivity index (χ1n) is 7.73. The van der Waals surface area contributed by atoms with Crippen LogP contribution in [0.5, 0.6) is 17.2 Å². The van der Waals surface area contributed by atoms with Crippen molar-refractivity contribution in [1.29, 1.82) is 0 Å². The van der Waals surface area contributed by atoms with Gasteiger partial charge in [-0.25, -0.2) is 0 Å². The molecule has 2 aromatic carbocycles. The van der Waals surface area contributed by atoms with Crippen molar-refractivity contribution in [3.8, 4) is 17.2 Å². The normalized spacial score (nSPS) is 12.8. The van der Waals surface area contributed by atoms with Crippen molar-refractivity contribution in [2.45, 2.75) is 13.8 Å². The van der Waals surface area contributed by atoms with Gasteiger partial charge in [-0.15, -0.1) is 0 Å². The number of phenolic OH excluding ortho intramolecular Hbond substituents is 1. The van der Waals surface area contributed by atoms with Gasteiger partial charge in [0.15, 0.2) is 11.5 Å². The highest BCUT2D eigenvalue weighted by Gasteiger charge is 2.12. The van der Waals surface area contributed by atoms with Gasteiger partial charge in [0.1, 0.15) is 5.75 Å². The number of nitrogens with zero attached hydrogens (tertiary/aromatic N) is 2. The maximum Gasteiger partial charge on any atom is 0.231 e. The van der Waals surface area contributed by atoms with E-state index >= 15 is 0 Å². The molecule has 1 aliphatic heterocycles. The Bertz CT molecular complexity index is 724. The topological polar surface area (TPSA) is 54.3 Å². The fourth-order valence-corrected chi connectivity index (χ4v) is 2.54. The Morgan fingerprint density at radius 2 is 1.87 bits per heavy atom.